The lowest BCUT2D eigenvalue weighted by atomic mass is 9.83. The first kappa shape index (κ1) is 15.7. The molecule has 1 aromatic carbocycles. The summed E-state index contributed by atoms with van der Waals surface area (Å²) in [6, 6.07) is 7.40. The molecule has 2 rings (SSSR count). The van der Waals surface area contributed by atoms with Gasteiger partial charge in [-0.25, -0.2) is 0 Å². The van der Waals surface area contributed by atoms with E-state index in [-0.39, 0.29) is 12.5 Å². The second-order valence-corrected chi connectivity index (χ2v) is 5.93. The number of nitrogens with one attached hydrogen (secondary N) is 1. The average molecular weight is 290 g/mol. The smallest absolute Gasteiger partial charge is 0.258 e. The Hall–Kier alpha value is -1.71. The fraction of sp³-hybridized carbons (Fsp3) is 0.588. The molecule has 1 aliphatic carbocycles. The molecule has 0 atom stereocenters. The Labute approximate surface area is 127 Å². The standard InChI is InChI=1S/C17H26N2O2/c1-2-3-13-4-8-15(9-5-13)19-17(20)12-21-16-10-6-14(18)7-11-16/h6-7,10-11,13,15H,2-5,8-9,12,18H2,1H3,(H,19,20). The van der Waals surface area contributed by atoms with E-state index in [1.807, 2.05) is 0 Å². The molecule has 1 saturated carbocycles. The number of benzene rings is 1. The van der Waals surface area contributed by atoms with Gasteiger partial charge in [0.05, 0.1) is 0 Å². The van der Waals surface area contributed by atoms with E-state index in [0.29, 0.717) is 17.5 Å². The van der Waals surface area contributed by atoms with E-state index in [0.717, 1.165) is 18.8 Å². The number of nitrogen functional groups attached to an aromatic ring is 1. The molecule has 1 amide bonds. The van der Waals surface area contributed by atoms with Crippen molar-refractivity contribution < 1.29 is 9.53 Å². The lowest BCUT2D eigenvalue weighted by Crippen LogP contribution is -2.40. The minimum Gasteiger partial charge on any atom is -0.484 e. The SMILES string of the molecule is CCCC1CCC(NC(=O)COc2ccc(N)cc2)CC1. The van der Waals surface area contributed by atoms with Crippen LogP contribution in [0.15, 0.2) is 24.3 Å². The Kier molecular flexibility index (Phi) is 5.90. The predicted octanol–water partition coefficient (Wildman–Crippen LogP) is 3.12. The van der Waals surface area contributed by atoms with E-state index in [9.17, 15) is 4.79 Å². The second-order valence-electron chi connectivity index (χ2n) is 5.93. The summed E-state index contributed by atoms with van der Waals surface area (Å²) in [6.45, 7) is 2.31. The molecule has 0 spiro atoms. The Morgan fingerprint density at radius 3 is 2.52 bits per heavy atom. The number of amides is 1. The molecule has 1 aliphatic rings. The zero-order chi connectivity index (χ0) is 15.1. The van der Waals surface area contributed by atoms with Gasteiger partial charge >= 0.3 is 0 Å². The van der Waals surface area contributed by atoms with Crippen molar-refractivity contribution in [1.29, 1.82) is 0 Å². The fourth-order valence-electron chi connectivity index (χ4n) is 2.99. The van der Waals surface area contributed by atoms with Crippen LogP contribution in [0.25, 0.3) is 0 Å². The Balaban J connectivity index is 1.67. The molecule has 0 aliphatic heterocycles. The van der Waals surface area contributed by atoms with Crippen LogP contribution in [0.3, 0.4) is 0 Å². The highest BCUT2D eigenvalue weighted by molar-refractivity contribution is 5.77. The first-order valence-electron chi connectivity index (χ1n) is 7.95. The van der Waals surface area contributed by atoms with Gasteiger partial charge in [0.25, 0.3) is 5.91 Å². The lowest BCUT2D eigenvalue weighted by Gasteiger charge is -2.28. The summed E-state index contributed by atoms with van der Waals surface area (Å²) in [4.78, 5) is 11.9. The molecular formula is C17H26N2O2. The number of hydrogen-bond acceptors (Lipinski definition) is 3. The van der Waals surface area contributed by atoms with Crippen molar-refractivity contribution in [1.82, 2.24) is 5.32 Å². The Morgan fingerprint density at radius 1 is 1.24 bits per heavy atom. The third-order valence-corrected chi connectivity index (χ3v) is 4.16. The quantitative estimate of drug-likeness (QED) is 0.791. The van der Waals surface area contributed by atoms with E-state index in [1.54, 1.807) is 24.3 Å². The van der Waals surface area contributed by atoms with Gasteiger partial charge in [-0.2, -0.15) is 0 Å². The van der Waals surface area contributed by atoms with Gasteiger partial charge in [-0.1, -0.05) is 19.8 Å². The van der Waals surface area contributed by atoms with E-state index < -0.39 is 0 Å². The van der Waals surface area contributed by atoms with Crippen molar-refractivity contribution in [3.8, 4) is 5.75 Å². The first-order chi connectivity index (χ1) is 10.2. The molecule has 4 heteroatoms. The number of carbonyl (C=O) groups is 1. The topological polar surface area (TPSA) is 64.3 Å². The largest absolute Gasteiger partial charge is 0.484 e. The van der Waals surface area contributed by atoms with E-state index in [1.165, 1.54) is 25.7 Å². The molecule has 3 N–H and O–H groups in total. The van der Waals surface area contributed by atoms with Gasteiger partial charge in [0.15, 0.2) is 6.61 Å². The van der Waals surface area contributed by atoms with Gasteiger partial charge in [-0.05, 0) is 55.9 Å². The van der Waals surface area contributed by atoms with Gasteiger partial charge in [-0.3, -0.25) is 4.79 Å². The molecule has 0 aromatic heterocycles. The predicted molar refractivity (Wildman–Crippen MR) is 85.1 cm³/mol. The lowest BCUT2D eigenvalue weighted by molar-refractivity contribution is -0.124. The molecule has 1 aromatic rings. The van der Waals surface area contributed by atoms with Crippen LogP contribution in [-0.2, 0) is 4.79 Å². The van der Waals surface area contributed by atoms with Crippen LogP contribution < -0.4 is 15.8 Å². The van der Waals surface area contributed by atoms with Crippen molar-refractivity contribution in [2.45, 2.75) is 51.5 Å². The highest BCUT2D eigenvalue weighted by Crippen LogP contribution is 2.27. The van der Waals surface area contributed by atoms with Gasteiger partial charge in [0.1, 0.15) is 5.75 Å². The van der Waals surface area contributed by atoms with Crippen LogP contribution in [0, 0.1) is 5.92 Å². The van der Waals surface area contributed by atoms with Gasteiger partial charge in [0.2, 0.25) is 0 Å². The summed E-state index contributed by atoms with van der Waals surface area (Å²) >= 11 is 0. The van der Waals surface area contributed by atoms with Crippen LogP contribution in [0.4, 0.5) is 5.69 Å². The summed E-state index contributed by atoms with van der Waals surface area (Å²) < 4.78 is 5.46. The Bertz CT molecular complexity index is 437. The molecule has 0 saturated heterocycles. The van der Waals surface area contributed by atoms with Crippen molar-refractivity contribution in [2.24, 2.45) is 5.92 Å². The summed E-state index contributed by atoms with van der Waals surface area (Å²) in [7, 11) is 0. The van der Waals surface area contributed by atoms with Gasteiger partial charge in [-0.15, -0.1) is 0 Å². The summed E-state index contributed by atoms with van der Waals surface area (Å²) in [5.41, 5.74) is 6.29. The highest BCUT2D eigenvalue weighted by Gasteiger charge is 2.21. The number of rotatable bonds is 6. The third kappa shape index (κ3) is 5.29. The van der Waals surface area contributed by atoms with Crippen LogP contribution in [0.1, 0.15) is 45.4 Å². The molecule has 1 fully saturated rings. The normalized spacial score (nSPS) is 21.8. The van der Waals surface area contributed by atoms with Crippen LogP contribution in [0.2, 0.25) is 0 Å². The van der Waals surface area contributed by atoms with Gasteiger partial charge in [0, 0.05) is 11.7 Å². The summed E-state index contributed by atoms with van der Waals surface area (Å²) in [6.07, 6.45) is 7.24. The van der Waals surface area contributed by atoms with E-state index in [4.69, 9.17) is 10.5 Å². The molecule has 116 valence electrons. The number of carbonyl (C=O) groups excluding carboxylic acids is 1. The third-order valence-electron chi connectivity index (χ3n) is 4.16. The van der Waals surface area contributed by atoms with Crippen LogP contribution >= 0.6 is 0 Å². The fourth-order valence-corrected chi connectivity index (χ4v) is 2.99. The number of nitrogens with two attached hydrogens (primary N) is 1. The van der Waals surface area contributed by atoms with Gasteiger partial charge < -0.3 is 15.8 Å². The molecule has 0 heterocycles. The van der Waals surface area contributed by atoms with Crippen molar-refractivity contribution >= 4 is 11.6 Å². The molecule has 0 bridgehead atoms. The molecule has 4 nitrogen and oxygen atoms in total. The number of anilines is 1. The van der Waals surface area contributed by atoms with E-state index >= 15 is 0 Å². The molecule has 0 radical (unpaired) electrons. The van der Waals surface area contributed by atoms with Crippen molar-refractivity contribution in [3.63, 3.8) is 0 Å². The maximum Gasteiger partial charge on any atom is 0.258 e. The zero-order valence-electron chi connectivity index (χ0n) is 12.8. The van der Waals surface area contributed by atoms with Crippen LogP contribution in [-0.4, -0.2) is 18.6 Å². The number of ether oxygens (including phenoxy) is 1. The van der Waals surface area contributed by atoms with Crippen molar-refractivity contribution in [2.75, 3.05) is 12.3 Å². The highest BCUT2D eigenvalue weighted by atomic mass is 16.5. The number of hydrogen-bond donors (Lipinski definition) is 2. The zero-order valence-corrected chi connectivity index (χ0v) is 12.8. The minimum absolute atomic E-state index is 0.0363. The molecule has 21 heavy (non-hydrogen) atoms. The van der Waals surface area contributed by atoms with Crippen LogP contribution in [0.5, 0.6) is 5.75 Å². The van der Waals surface area contributed by atoms with E-state index in [2.05, 4.69) is 12.2 Å². The second kappa shape index (κ2) is 7.91. The Morgan fingerprint density at radius 2 is 1.90 bits per heavy atom. The first-order valence-corrected chi connectivity index (χ1v) is 7.95. The molecule has 0 unspecified atom stereocenters. The molecular weight excluding hydrogens is 264 g/mol. The summed E-state index contributed by atoms with van der Waals surface area (Å²) in [5, 5.41) is 3.07. The average Bonchev–Trinajstić information content (AvgIpc) is 2.49. The maximum absolute atomic E-state index is 11.9. The summed E-state index contributed by atoms with van der Waals surface area (Å²) in [5.74, 6) is 1.49. The minimum atomic E-state index is -0.0363. The maximum atomic E-state index is 11.9. The van der Waals surface area contributed by atoms with Crippen molar-refractivity contribution in [3.05, 3.63) is 24.3 Å². The monoisotopic (exact) mass is 290 g/mol.